The number of fused-ring (bicyclic) bond motifs is 1. The summed E-state index contributed by atoms with van der Waals surface area (Å²) >= 11 is 12.5. The van der Waals surface area contributed by atoms with E-state index in [-0.39, 0.29) is 12.4 Å². The van der Waals surface area contributed by atoms with Gasteiger partial charge in [0.15, 0.2) is 0 Å². The molecule has 24 heavy (non-hydrogen) atoms. The number of amidine groups is 1. The third-order valence-corrected chi connectivity index (χ3v) is 4.65. The first-order valence-corrected chi connectivity index (χ1v) is 8.30. The molecule has 1 aliphatic rings. The zero-order chi connectivity index (χ0) is 15.8. The number of H-pyrrole nitrogens is 1. The number of benzene rings is 2. The second-order valence-corrected chi connectivity index (χ2v) is 6.42. The van der Waals surface area contributed by atoms with Crippen LogP contribution in [-0.2, 0) is 6.42 Å². The number of aliphatic imine (C=N–C) groups is 1. The van der Waals surface area contributed by atoms with Crippen LogP contribution in [0.3, 0.4) is 0 Å². The van der Waals surface area contributed by atoms with E-state index >= 15 is 0 Å². The van der Waals surface area contributed by atoms with E-state index in [0.717, 1.165) is 42.1 Å². The van der Waals surface area contributed by atoms with Crippen molar-refractivity contribution in [1.82, 2.24) is 10.3 Å². The summed E-state index contributed by atoms with van der Waals surface area (Å²) in [4.78, 5) is 8.03. The highest BCUT2D eigenvalue weighted by Crippen LogP contribution is 2.36. The van der Waals surface area contributed by atoms with Crippen LogP contribution in [0.25, 0.3) is 22.2 Å². The number of nitrogens with one attached hydrogen (secondary N) is 2. The lowest BCUT2D eigenvalue weighted by Gasteiger charge is -2.08. The van der Waals surface area contributed by atoms with Crippen LogP contribution in [0.1, 0.15) is 5.56 Å². The van der Waals surface area contributed by atoms with Crippen molar-refractivity contribution in [2.75, 3.05) is 13.1 Å². The van der Waals surface area contributed by atoms with Gasteiger partial charge in [-0.3, -0.25) is 4.99 Å². The molecule has 0 fully saturated rings. The standard InChI is InChI=1S/C18H15Cl2N3.ClH/c19-11-5-6-13(15(20)9-11)18-14(10-17-21-7-8-22-17)12-3-1-2-4-16(12)23-18;/h1-6,9,23H,7-8,10H2,(H,21,22);1H. The Morgan fingerprint density at radius 1 is 1.08 bits per heavy atom. The molecule has 0 saturated carbocycles. The minimum absolute atomic E-state index is 0. The molecule has 0 bridgehead atoms. The van der Waals surface area contributed by atoms with Crippen LogP contribution in [0.15, 0.2) is 47.5 Å². The molecular weight excluding hydrogens is 365 g/mol. The first-order chi connectivity index (χ1) is 11.2. The van der Waals surface area contributed by atoms with Gasteiger partial charge in [0.2, 0.25) is 0 Å². The molecule has 4 rings (SSSR count). The minimum atomic E-state index is 0. The summed E-state index contributed by atoms with van der Waals surface area (Å²) in [6, 6.07) is 13.9. The van der Waals surface area contributed by atoms with Gasteiger partial charge < -0.3 is 10.3 Å². The van der Waals surface area contributed by atoms with Gasteiger partial charge in [0.05, 0.1) is 17.3 Å². The van der Waals surface area contributed by atoms with Gasteiger partial charge in [-0.25, -0.2) is 0 Å². The predicted octanol–water partition coefficient (Wildman–Crippen LogP) is 5.11. The van der Waals surface area contributed by atoms with Crippen molar-refractivity contribution in [3.05, 3.63) is 58.1 Å². The minimum Gasteiger partial charge on any atom is -0.372 e. The lowest BCUT2D eigenvalue weighted by Crippen LogP contribution is -2.20. The van der Waals surface area contributed by atoms with E-state index in [0.29, 0.717) is 10.0 Å². The zero-order valence-corrected chi connectivity index (χ0v) is 15.1. The molecule has 0 unspecified atom stereocenters. The summed E-state index contributed by atoms with van der Waals surface area (Å²) in [6.07, 6.45) is 0.762. The van der Waals surface area contributed by atoms with E-state index in [4.69, 9.17) is 23.2 Å². The Morgan fingerprint density at radius 2 is 1.92 bits per heavy atom. The largest absolute Gasteiger partial charge is 0.372 e. The van der Waals surface area contributed by atoms with Crippen molar-refractivity contribution < 1.29 is 0 Å². The van der Waals surface area contributed by atoms with Gasteiger partial charge in [-0.15, -0.1) is 12.4 Å². The molecule has 2 N–H and O–H groups in total. The molecule has 0 atom stereocenters. The topological polar surface area (TPSA) is 40.2 Å². The van der Waals surface area contributed by atoms with E-state index in [1.807, 2.05) is 18.2 Å². The summed E-state index contributed by atoms with van der Waals surface area (Å²) in [5.41, 5.74) is 4.30. The highest BCUT2D eigenvalue weighted by Gasteiger charge is 2.18. The van der Waals surface area contributed by atoms with Crippen molar-refractivity contribution in [3.8, 4) is 11.3 Å². The fourth-order valence-corrected chi connectivity index (χ4v) is 3.54. The Hall–Kier alpha value is -1.68. The van der Waals surface area contributed by atoms with Crippen LogP contribution in [0.5, 0.6) is 0 Å². The normalized spacial score (nSPS) is 13.5. The Morgan fingerprint density at radius 3 is 2.67 bits per heavy atom. The highest BCUT2D eigenvalue weighted by atomic mass is 35.5. The first kappa shape index (κ1) is 17.2. The third kappa shape index (κ3) is 3.12. The number of aromatic amines is 1. The number of hydrogen-bond acceptors (Lipinski definition) is 2. The van der Waals surface area contributed by atoms with E-state index in [1.54, 1.807) is 6.07 Å². The molecule has 1 aliphatic heterocycles. The number of hydrogen-bond donors (Lipinski definition) is 2. The number of para-hydroxylation sites is 1. The Kier molecular flexibility index (Phi) is 5.04. The molecule has 3 aromatic rings. The molecule has 6 heteroatoms. The van der Waals surface area contributed by atoms with Gasteiger partial charge in [0, 0.05) is 34.5 Å². The molecule has 2 heterocycles. The van der Waals surface area contributed by atoms with Crippen LogP contribution in [-0.4, -0.2) is 23.9 Å². The predicted molar refractivity (Wildman–Crippen MR) is 105 cm³/mol. The molecule has 0 spiro atoms. The maximum absolute atomic E-state index is 6.43. The Balaban J connectivity index is 0.00000169. The third-order valence-electron chi connectivity index (χ3n) is 4.10. The quantitative estimate of drug-likeness (QED) is 0.651. The van der Waals surface area contributed by atoms with Crippen molar-refractivity contribution in [3.63, 3.8) is 0 Å². The van der Waals surface area contributed by atoms with Crippen LogP contribution in [0, 0.1) is 0 Å². The second kappa shape index (κ2) is 7.06. The second-order valence-electron chi connectivity index (χ2n) is 5.58. The van der Waals surface area contributed by atoms with Gasteiger partial charge in [-0.2, -0.15) is 0 Å². The highest BCUT2D eigenvalue weighted by molar-refractivity contribution is 6.36. The summed E-state index contributed by atoms with van der Waals surface area (Å²) in [5, 5.41) is 5.83. The van der Waals surface area contributed by atoms with E-state index < -0.39 is 0 Å². The molecule has 0 amide bonds. The number of halogens is 3. The van der Waals surface area contributed by atoms with Crippen molar-refractivity contribution in [2.45, 2.75) is 6.42 Å². The van der Waals surface area contributed by atoms with Gasteiger partial charge >= 0.3 is 0 Å². The molecular formula is C18H16Cl3N3. The maximum atomic E-state index is 6.43. The summed E-state index contributed by atoms with van der Waals surface area (Å²) in [5.74, 6) is 1.03. The monoisotopic (exact) mass is 379 g/mol. The Bertz CT molecular complexity index is 915. The van der Waals surface area contributed by atoms with Gasteiger partial charge in [-0.05, 0) is 29.8 Å². The summed E-state index contributed by atoms with van der Waals surface area (Å²) in [6.45, 7) is 1.75. The Labute approximate surface area is 156 Å². The van der Waals surface area contributed by atoms with Gasteiger partial charge in [0.25, 0.3) is 0 Å². The van der Waals surface area contributed by atoms with Crippen molar-refractivity contribution >= 4 is 52.3 Å². The SMILES string of the molecule is Cl.Clc1ccc(-c2[nH]c3ccccc3c2CC2=NCCN2)c(Cl)c1. The van der Waals surface area contributed by atoms with Gasteiger partial charge in [-0.1, -0.05) is 41.4 Å². The van der Waals surface area contributed by atoms with Crippen LogP contribution in [0.4, 0.5) is 0 Å². The van der Waals surface area contributed by atoms with Crippen LogP contribution < -0.4 is 5.32 Å². The molecule has 2 aromatic carbocycles. The fourth-order valence-electron chi connectivity index (χ4n) is 3.04. The van der Waals surface area contributed by atoms with E-state index in [9.17, 15) is 0 Å². The average Bonchev–Trinajstić information content (AvgIpc) is 3.16. The molecule has 0 aliphatic carbocycles. The van der Waals surface area contributed by atoms with E-state index in [1.165, 1.54) is 10.9 Å². The van der Waals surface area contributed by atoms with E-state index in [2.05, 4.69) is 33.5 Å². The van der Waals surface area contributed by atoms with Crippen molar-refractivity contribution in [1.29, 1.82) is 0 Å². The summed E-state index contributed by atoms with van der Waals surface area (Å²) < 4.78 is 0. The lowest BCUT2D eigenvalue weighted by molar-refractivity contribution is 0.954. The molecule has 0 radical (unpaired) electrons. The smallest absolute Gasteiger partial charge is 0.101 e. The molecule has 3 nitrogen and oxygen atoms in total. The number of nitrogens with zero attached hydrogens (tertiary/aromatic N) is 1. The molecule has 1 aromatic heterocycles. The summed E-state index contributed by atoms with van der Waals surface area (Å²) in [7, 11) is 0. The van der Waals surface area contributed by atoms with Crippen LogP contribution in [0.2, 0.25) is 10.0 Å². The maximum Gasteiger partial charge on any atom is 0.101 e. The number of rotatable bonds is 3. The van der Waals surface area contributed by atoms with Crippen LogP contribution >= 0.6 is 35.6 Å². The average molecular weight is 381 g/mol. The fraction of sp³-hybridized carbons (Fsp3) is 0.167. The lowest BCUT2D eigenvalue weighted by atomic mass is 10.0. The first-order valence-electron chi connectivity index (χ1n) is 7.54. The zero-order valence-electron chi connectivity index (χ0n) is 12.8. The van der Waals surface area contributed by atoms with Crippen molar-refractivity contribution in [2.24, 2.45) is 4.99 Å². The number of aromatic nitrogens is 1. The molecule has 0 saturated heterocycles. The van der Waals surface area contributed by atoms with Gasteiger partial charge in [0.1, 0.15) is 5.84 Å². The molecule has 124 valence electrons.